The van der Waals surface area contributed by atoms with Gasteiger partial charge >= 0.3 is 0 Å². The third-order valence-electron chi connectivity index (χ3n) is 2.71. The number of rotatable bonds is 4. The standard InChI is InChI=1S/C13H16N2OS.ClH/c1-9(14-2)8-15-13(16)12-7-10-5-3-4-6-11(10)17-12;/h3-7,9,14H,8H2,1-2H3,(H,15,16);1H. The van der Waals surface area contributed by atoms with Crippen molar-refractivity contribution in [2.45, 2.75) is 13.0 Å². The van der Waals surface area contributed by atoms with Crippen molar-refractivity contribution < 1.29 is 4.79 Å². The maximum Gasteiger partial charge on any atom is 0.261 e. The summed E-state index contributed by atoms with van der Waals surface area (Å²) in [7, 11) is 1.89. The van der Waals surface area contributed by atoms with E-state index in [0.717, 1.165) is 15.0 Å². The molecule has 2 N–H and O–H groups in total. The molecule has 0 aliphatic carbocycles. The quantitative estimate of drug-likeness (QED) is 0.906. The van der Waals surface area contributed by atoms with E-state index in [0.29, 0.717) is 6.54 Å². The number of carbonyl (C=O) groups excluding carboxylic acids is 1. The molecule has 0 aliphatic heterocycles. The molecule has 0 aliphatic rings. The molecule has 2 aromatic rings. The van der Waals surface area contributed by atoms with Crippen molar-refractivity contribution in [1.29, 1.82) is 0 Å². The predicted octanol–water partition coefficient (Wildman–Crippen LogP) is 2.66. The number of fused-ring (bicyclic) bond motifs is 1. The van der Waals surface area contributed by atoms with Crippen molar-refractivity contribution in [1.82, 2.24) is 10.6 Å². The summed E-state index contributed by atoms with van der Waals surface area (Å²) < 4.78 is 1.15. The van der Waals surface area contributed by atoms with E-state index in [1.165, 1.54) is 11.3 Å². The fourth-order valence-corrected chi connectivity index (χ4v) is 2.51. The molecule has 0 saturated carbocycles. The third kappa shape index (κ3) is 3.45. The molecule has 1 aromatic carbocycles. The van der Waals surface area contributed by atoms with Crippen LogP contribution in [0.2, 0.25) is 0 Å². The van der Waals surface area contributed by atoms with E-state index in [4.69, 9.17) is 0 Å². The van der Waals surface area contributed by atoms with Crippen LogP contribution in [0.3, 0.4) is 0 Å². The number of halogens is 1. The van der Waals surface area contributed by atoms with Gasteiger partial charge in [0.15, 0.2) is 0 Å². The molecular weight excluding hydrogens is 268 g/mol. The van der Waals surface area contributed by atoms with E-state index >= 15 is 0 Å². The minimum Gasteiger partial charge on any atom is -0.350 e. The summed E-state index contributed by atoms with van der Waals surface area (Å²) in [5, 5.41) is 7.14. The summed E-state index contributed by atoms with van der Waals surface area (Å²) in [5.41, 5.74) is 0. The molecule has 1 aromatic heterocycles. The highest BCUT2D eigenvalue weighted by Gasteiger charge is 2.10. The Labute approximate surface area is 117 Å². The lowest BCUT2D eigenvalue weighted by Crippen LogP contribution is -2.36. The van der Waals surface area contributed by atoms with Crippen LogP contribution in [0.4, 0.5) is 0 Å². The molecule has 0 saturated heterocycles. The SMILES string of the molecule is CNC(C)CNC(=O)c1cc2ccccc2s1.Cl. The zero-order valence-corrected chi connectivity index (χ0v) is 12.0. The van der Waals surface area contributed by atoms with Gasteiger partial charge in [0.05, 0.1) is 4.88 Å². The van der Waals surface area contributed by atoms with Gasteiger partial charge in [0.25, 0.3) is 5.91 Å². The van der Waals surface area contributed by atoms with Crippen LogP contribution in [0.5, 0.6) is 0 Å². The van der Waals surface area contributed by atoms with Crippen LogP contribution < -0.4 is 10.6 Å². The molecule has 1 unspecified atom stereocenters. The molecule has 1 atom stereocenters. The third-order valence-corrected chi connectivity index (χ3v) is 3.83. The van der Waals surface area contributed by atoms with Crippen LogP contribution in [0.15, 0.2) is 30.3 Å². The zero-order valence-electron chi connectivity index (χ0n) is 10.4. The van der Waals surface area contributed by atoms with E-state index in [1.807, 2.05) is 44.3 Å². The number of carbonyl (C=O) groups is 1. The van der Waals surface area contributed by atoms with Crippen LogP contribution in [0.25, 0.3) is 10.1 Å². The average molecular weight is 285 g/mol. The highest BCUT2D eigenvalue weighted by Crippen LogP contribution is 2.24. The molecule has 0 radical (unpaired) electrons. The van der Waals surface area contributed by atoms with Crippen molar-refractivity contribution in [3.05, 3.63) is 35.2 Å². The van der Waals surface area contributed by atoms with Gasteiger partial charge in [-0.05, 0) is 31.5 Å². The summed E-state index contributed by atoms with van der Waals surface area (Å²) in [6.07, 6.45) is 0. The number of nitrogens with one attached hydrogen (secondary N) is 2. The Kier molecular flexibility index (Phi) is 5.59. The fraction of sp³-hybridized carbons (Fsp3) is 0.308. The molecule has 5 heteroatoms. The van der Waals surface area contributed by atoms with Gasteiger partial charge in [-0.25, -0.2) is 0 Å². The lowest BCUT2D eigenvalue weighted by Gasteiger charge is -2.10. The number of hydrogen-bond donors (Lipinski definition) is 2. The number of likely N-dealkylation sites (N-methyl/N-ethyl adjacent to an activating group) is 1. The summed E-state index contributed by atoms with van der Waals surface area (Å²) in [5.74, 6) is 0.00769. The second-order valence-electron chi connectivity index (χ2n) is 4.05. The molecule has 1 amide bonds. The summed E-state index contributed by atoms with van der Waals surface area (Å²) in [6.45, 7) is 2.68. The highest BCUT2D eigenvalue weighted by atomic mass is 35.5. The maximum atomic E-state index is 11.9. The molecule has 0 fully saturated rings. The normalized spacial score (nSPS) is 11.9. The second kappa shape index (κ2) is 6.73. The molecule has 18 heavy (non-hydrogen) atoms. The molecule has 98 valence electrons. The number of thiophene rings is 1. The van der Waals surface area contributed by atoms with Crippen molar-refractivity contribution >= 4 is 39.7 Å². The number of benzene rings is 1. The van der Waals surface area contributed by atoms with E-state index in [-0.39, 0.29) is 24.4 Å². The van der Waals surface area contributed by atoms with Crippen LogP contribution in [0, 0.1) is 0 Å². The van der Waals surface area contributed by atoms with Crippen LogP contribution in [0.1, 0.15) is 16.6 Å². The van der Waals surface area contributed by atoms with Crippen LogP contribution in [-0.2, 0) is 0 Å². The van der Waals surface area contributed by atoms with Crippen molar-refractivity contribution in [2.24, 2.45) is 0 Å². The predicted molar refractivity (Wildman–Crippen MR) is 79.9 cm³/mol. The summed E-state index contributed by atoms with van der Waals surface area (Å²) in [6, 6.07) is 10.3. The van der Waals surface area contributed by atoms with E-state index in [9.17, 15) is 4.79 Å². The van der Waals surface area contributed by atoms with Crippen molar-refractivity contribution in [2.75, 3.05) is 13.6 Å². The first-order valence-electron chi connectivity index (χ1n) is 5.64. The van der Waals surface area contributed by atoms with Gasteiger partial charge in [0.1, 0.15) is 0 Å². The van der Waals surface area contributed by atoms with Crippen LogP contribution in [-0.4, -0.2) is 25.5 Å². The zero-order chi connectivity index (χ0) is 12.3. The largest absolute Gasteiger partial charge is 0.350 e. The molecule has 1 heterocycles. The molecule has 3 nitrogen and oxygen atoms in total. The van der Waals surface area contributed by atoms with Gasteiger partial charge in [-0.15, -0.1) is 23.7 Å². The van der Waals surface area contributed by atoms with Gasteiger partial charge in [-0.2, -0.15) is 0 Å². The van der Waals surface area contributed by atoms with Gasteiger partial charge < -0.3 is 10.6 Å². The minimum absolute atomic E-state index is 0. The minimum atomic E-state index is 0. The first-order chi connectivity index (χ1) is 8.20. The van der Waals surface area contributed by atoms with Crippen LogP contribution >= 0.6 is 23.7 Å². The molecular formula is C13H17ClN2OS. The lowest BCUT2D eigenvalue weighted by atomic mass is 10.2. The Morgan fingerprint density at radius 2 is 2.11 bits per heavy atom. The van der Waals surface area contributed by atoms with Gasteiger partial charge in [0.2, 0.25) is 0 Å². The van der Waals surface area contributed by atoms with E-state index in [2.05, 4.69) is 10.6 Å². The molecule has 0 bridgehead atoms. The maximum absolute atomic E-state index is 11.9. The van der Waals surface area contributed by atoms with Gasteiger partial charge in [-0.1, -0.05) is 18.2 Å². The number of hydrogen-bond acceptors (Lipinski definition) is 3. The first kappa shape index (κ1) is 15.0. The fourth-order valence-electron chi connectivity index (χ4n) is 1.53. The Balaban J connectivity index is 0.00000162. The Morgan fingerprint density at radius 1 is 1.39 bits per heavy atom. The Morgan fingerprint density at radius 3 is 2.78 bits per heavy atom. The van der Waals surface area contributed by atoms with Gasteiger partial charge in [-0.3, -0.25) is 4.79 Å². The monoisotopic (exact) mass is 284 g/mol. The Bertz CT molecular complexity index is 493. The molecule has 2 rings (SSSR count). The highest BCUT2D eigenvalue weighted by molar-refractivity contribution is 7.20. The van der Waals surface area contributed by atoms with Gasteiger partial charge in [0, 0.05) is 17.3 Å². The summed E-state index contributed by atoms with van der Waals surface area (Å²) >= 11 is 1.53. The Hall–Kier alpha value is -1.10. The lowest BCUT2D eigenvalue weighted by molar-refractivity contribution is 0.0954. The van der Waals surface area contributed by atoms with E-state index < -0.39 is 0 Å². The van der Waals surface area contributed by atoms with E-state index in [1.54, 1.807) is 0 Å². The van der Waals surface area contributed by atoms with Crippen molar-refractivity contribution in [3.63, 3.8) is 0 Å². The smallest absolute Gasteiger partial charge is 0.261 e. The average Bonchev–Trinajstić information content (AvgIpc) is 2.79. The number of amides is 1. The second-order valence-corrected chi connectivity index (χ2v) is 5.13. The van der Waals surface area contributed by atoms with Crippen molar-refractivity contribution in [3.8, 4) is 0 Å². The first-order valence-corrected chi connectivity index (χ1v) is 6.46. The molecule has 0 spiro atoms. The summed E-state index contributed by atoms with van der Waals surface area (Å²) in [4.78, 5) is 12.7. The topological polar surface area (TPSA) is 41.1 Å².